The van der Waals surface area contributed by atoms with Crippen molar-refractivity contribution in [1.82, 2.24) is 0 Å². The Balaban J connectivity index is 1.77. The first-order chi connectivity index (χ1) is 15.1. The lowest BCUT2D eigenvalue weighted by atomic mass is 9.99. The summed E-state index contributed by atoms with van der Waals surface area (Å²) in [7, 11) is -2.76. The molecule has 1 aliphatic rings. The number of ether oxygens (including phenoxy) is 2. The van der Waals surface area contributed by atoms with Crippen LogP contribution in [-0.2, 0) is 26.0 Å². The third kappa shape index (κ3) is 6.60. The number of carbonyl (C=O) groups is 1. The molecule has 1 saturated heterocycles. The van der Waals surface area contributed by atoms with Gasteiger partial charge in [0.2, 0.25) is 5.91 Å². The fraction of sp³-hybridized carbons (Fsp3) is 0.381. The average molecular weight is 486 g/mol. The smallest absolute Gasteiger partial charge is 0.408 e. The van der Waals surface area contributed by atoms with Gasteiger partial charge < -0.3 is 14.8 Å². The zero-order chi connectivity index (χ0) is 23.4. The first-order valence-electron chi connectivity index (χ1n) is 10.1. The molecule has 2 N–H and O–H groups in total. The van der Waals surface area contributed by atoms with Gasteiger partial charge in [-0.05, 0) is 64.4 Å². The van der Waals surface area contributed by atoms with Gasteiger partial charge in [0.25, 0.3) is 10.0 Å². The molecule has 0 spiro atoms. The Morgan fingerprint density at radius 2 is 1.91 bits per heavy atom. The number of hydrogen-bond acceptors (Lipinski definition) is 5. The topological polar surface area (TPSA) is 93.7 Å². The summed E-state index contributed by atoms with van der Waals surface area (Å²) in [5.41, 5.74) is 1.09. The number of halogens is 2. The Morgan fingerprint density at radius 1 is 1.19 bits per heavy atom. The normalized spacial score (nSPS) is 15.2. The Hall–Kier alpha value is -2.29. The first kappa shape index (κ1) is 24.4. The van der Waals surface area contributed by atoms with E-state index in [-0.39, 0.29) is 28.2 Å². The molecule has 1 unspecified atom stereocenters. The summed E-state index contributed by atoms with van der Waals surface area (Å²) in [4.78, 5) is 12.5. The molecule has 1 aliphatic heterocycles. The number of rotatable bonds is 8. The van der Waals surface area contributed by atoms with Gasteiger partial charge in [-0.25, -0.2) is 8.42 Å². The molecule has 1 amide bonds. The van der Waals surface area contributed by atoms with Crippen molar-refractivity contribution in [3.8, 4) is 5.75 Å². The third-order valence-corrected chi connectivity index (χ3v) is 6.53. The van der Waals surface area contributed by atoms with Crippen LogP contribution in [-0.4, -0.2) is 33.4 Å². The summed E-state index contributed by atoms with van der Waals surface area (Å²) < 4.78 is 64.1. The maximum atomic E-state index is 13.1. The van der Waals surface area contributed by atoms with Crippen molar-refractivity contribution in [1.29, 1.82) is 0 Å². The minimum atomic E-state index is -4.01. The number of carbonyl (C=O) groups excluding carboxylic acids is 1. The highest BCUT2D eigenvalue weighted by Gasteiger charge is 2.25. The molecule has 11 heteroatoms. The van der Waals surface area contributed by atoms with Crippen molar-refractivity contribution in [3.63, 3.8) is 0 Å². The van der Waals surface area contributed by atoms with Crippen LogP contribution in [0, 0.1) is 5.92 Å². The molecule has 32 heavy (non-hydrogen) atoms. The van der Waals surface area contributed by atoms with E-state index >= 15 is 0 Å². The van der Waals surface area contributed by atoms with Crippen LogP contribution in [0.25, 0.3) is 0 Å². The van der Waals surface area contributed by atoms with Gasteiger partial charge in [0, 0.05) is 30.9 Å². The van der Waals surface area contributed by atoms with Gasteiger partial charge in [0.15, 0.2) is 0 Å². The molecule has 0 saturated carbocycles. The van der Waals surface area contributed by atoms with Crippen LogP contribution in [0.3, 0.4) is 0 Å². The van der Waals surface area contributed by atoms with Crippen molar-refractivity contribution in [2.45, 2.75) is 36.9 Å². The van der Waals surface area contributed by atoms with Crippen LogP contribution in [0.2, 0.25) is 0 Å². The van der Waals surface area contributed by atoms with E-state index in [0.717, 1.165) is 0 Å². The zero-order valence-electron chi connectivity index (χ0n) is 17.4. The number of benzene rings is 2. The van der Waals surface area contributed by atoms with Crippen molar-refractivity contribution in [2.75, 3.05) is 23.3 Å². The summed E-state index contributed by atoms with van der Waals surface area (Å²) >= 11 is 0. The van der Waals surface area contributed by atoms with Gasteiger partial charge in [0.05, 0.1) is 10.6 Å². The lowest BCUT2D eigenvalue weighted by molar-refractivity contribution is -0.122. The van der Waals surface area contributed by atoms with Crippen LogP contribution in [0.4, 0.5) is 20.2 Å². The molecular weight excluding hydrogens is 461 g/mol. The molecule has 1 heterocycles. The lowest BCUT2D eigenvalue weighted by Gasteiger charge is -2.21. The van der Waals surface area contributed by atoms with Crippen molar-refractivity contribution < 1.29 is 31.5 Å². The number of aryl methyl sites for hydroxylation is 1. The lowest BCUT2D eigenvalue weighted by Crippen LogP contribution is -2.28. The number of amides is 1. The predicted molar refractivity (Wildman–Crippen MR) is 121 cm³/mol. The van der Waals surface area contributed by atoms with E-state index in [0.29, 0.717) is 43.7 Å². The molecule has 7 nitrogen and oxygen atoms in total. The number of nitrogens with one attached hydrogen (secondary N) is 2. The minimum Gasteiger partial charge on any atom is -0.430 e. The van der Waals surface area contributed by atoms with Gasteiger partial charge in [-0.2, -0.15) is 8.78 Å². The summed E-state index contributed by atoms with van der Waals surface area (Å²) in [6.07, 6.45) is 1.70. The second kappa shape index (κ2) is 10.1. The van der Waals surface area contributed by atoms with E-state index in [4.69, 9.17) is 4.74 Å². The van der Waals surface area contributed by atoms with Crippen molar-refractivity contribution in [3.05, 3.63) is 48.0 Å². The highest BCUT2D eigenvalue weighted by Crippen LogP contribution is 2.30. The van der Waals surface area contributed by atoms with Crippen LogP contribution in [0.15, 0.2) is 47.4 Å². The van der Waals surface area contributed by atoms with E-state index in [9.17, 15) is 22.0 Å². The highest BCUT2D eigenvalue weighted by molar-refractivity contribution is 7.92. The Bertz CT molecular complexity index is 1070. The second-order valence-electron chi connectivity index (χ2n) is 7.35. The number of anilines is 2. The maximum Gasteiger partial charge on any atom is 0.408 e. The second-order valence-corrected chi connectivity index (χ2v) is 9.67. The zero-order valence-corrected chi connectivity index (χ0v) is 19.4. The molecule has 174 valence electrons. The van der Waals surface area contributed by atoms with E-state index in [1.807, 2.05) is 0 Å². The molecule has 0 aliphatic carbocycles. The average Bonchev–Trinajstić information content (AvgIpc) is 2.72. The van der Waals surface area contributed by atoms with E-state index in [1.165, 1.54) is 45.6 Å². The van der Waals surface area contributed by atoms with E-state index in [2.05, 4.69) is 14.8 Å². The monoisotopic (exact) mass is 486 g/mol. The predicted octanol–water partition coefficient (Wildman–Crippen LogP) is 4.22. The summed E-state index contributed by atoms with van der Waals surface area (Å²) in [6.45, 7) is 2.89. The third-order valence-electron chi connectivity index (χ3n) is 4.93. The van der Waals surface area contributed by atoms with Crippen molar-refractivity contribution >= 4 is 36.5 Å². The molecule has 1 atom stereocenters. The number of sulfonamides is 1. The Labute approximate surface area is 188 Å². The molecule has 2 aromatic carbocycles. The quantitative estimate of drug-likeness (QED) is 0.545. The van der Waals surface area contributed by atoms with Gasteiger partial charge in [-0.3, -0.25) is 9.52 Å². The van der Waals surface area contributed by atoms with E-state index < -0.39 is 15.9 Å². The summed E-state index contributed by atoms with van der Waals surface area (Å²) in [5, 5.41) is 2.84. The fourth-order valence-electron chi connectivity index (χ4n) is 3.39. The summed E-state index contributed by atoms with van der Waals surface area (Å²) in [6, 6.07) is 9.86. The standard InChI is InChI=1S/C21H25F2N2O5PS/c1-2-14-12-16(24-20(26)15-8-10-29-11-9-15)6-7-19(14)32(27,28)25-17-4-3-5-18(13-17)30-21(22,23)31/h3-7,12-13,15,25H,2,8-11,31H2,1H3,(H,24,26). The molecule has 1 fully saturated rings. The molecule has 0 bridgehead atoms. The van der Waals surface area contributed by atoms with Gasteiger partial charge in [0.1, 0.15) is 5.75 Å². The molecular formula is C21H25F2N2O5PS. The van der Waals surface area contributed by atoms with Gasteiger partial charge in [-0.15, -0.1) is 0 Å². The largest absolute Gasteiger partial charge is 0.430 e. The molecule has 0 aromatic heterocycles. The van der Waals surface area contributed by atoms with Crippen LogP contribution >= 0.6 is 9.24 Å². The number of hydrogen-bond donors (Lipinski definition) is 2. The fourth-order valence-corrected chi connectivity index (χ4v) is 4.87. The van der Waals surface area contributed by atoms with E-state index in [1.54, 1.807) is 13.0 Å². The molecule has 2 aromatic rings. The maximum absolute atomic E-state index is 13.1. The van der Waals surface area contributed by atoms with Crippen LogP contribution in [0.5, 0.6) is 5.75 Å². The van der Waals surface area contributed by atoms with Crippen LogP contribution in [0.1, 0.15) is 25.3 Å². The first-order valence-corrected chi connectivity index (χ1v) is 12.1. The van der Waals surface area contributed by atoms with Crippen molar-refractivity contribution in [2.24, 2.45) is 5.92 Å². The van der Waals surface area contributed by atoms with Gasteiger partial charge in [-0.1, -0.05) is 13.0 Å². The minimum absolute atomic E-state index is 0.0340. The SMILES string of the molecule is CCc1cc(NC(=O)C2CCOCC2)ccc1S(=O)(=O)Nc1cccc(OC(F)(F)P)c1. The summed E-state index contributed by atoms with van der Waals surface area (Å²) in [5.74, 6) is -3.92. The van der Waals surface area contributed by atoms with Gasteiger partial charge >= 0.3 is 5.85 Å². The Kier molecular flexibility index (Phi) is 7.69. The molecule has 0 radical (unpaired) electrons. The Morgan fingerprint density at radius 3 is 2.56 bits per heavy atom. The number of alkyl halides is 2. The van der Waals surface area contributed by atoms with Crippen LogP contribution < -0.4 is 14.8 Å². The molecule has 3 rings (SSSR count). The highest BCUT2D eigenvalue weighted by atomic mass is 32.2.